The Morgan fingerprint density at radius 3 is 2.46 bits per heavy atom. The molecule has 0 saturated carbocycles. The fourth-order valence-electron chi connectivity index (χ4n) is 3.96. The van der Waals surface area contributed by atoms with E-state index in [0.717, 1.165) is 10.7 Å². The number of carbonyl (C=O) groups is 1. The second-order valence-corrected chi connectivity index (χ2v) is 9.21. The molecule has 0 radical (unpaired) electrons. The van der Waals surface area contributed by atoms with Gasteiger partial charge in [-0.1, -0.05) is 18.6 Å². The van der Waals surface area contributed by atoms with Gasteiger partial charge in [-0.05, 0) is 32.8 Å². The second-order valence-electron chi connectivity index (χ2n) is 7.35. The lowest BCUT2D eigenvalue weighted by Crippen LogP contribution is -2.57. The highest BCUT2D eigenvalue weighted by molar-refractivity contribution is 7.89. The molecule has 0 unspecified atom stereocenters. The van der Waals surface area contributed by atoms with Gasteiger partial charge in [0.15, 0.2) is 4.90 Å². The minimum atomic E-state index is -4.18. The molecule has 1 aromatic carbocycles. The third-order valence-electron chi connectivity index (χ3n) is 5.12. The number of hydrogen-bond donors (Lipinski definition) is 0. The number of rotatable bonds is 4. The fourth-order valence-corrected chi connectivity index (χ4v) is 5.77. The van der Waals surface area contributed by atoms with Crippen molar-refractivity contribution in [2.45, 2.75) is 56.3 Å². The molecule has 0 N–H and O–H groups in total. The average Bonchev–Trinajstić information content (AvgIpc) is 2.66. The van der Waals surface area contributed by atoms with E-state index < -0.39 is 26.7 Å². The molecule has 10 heteroatoms. The molecular weight excluding hydrogens is 386 g/mol. The lowest BCUT2D eigenvalue weighted by molar-refractivity contribution is -0.387. The Bertz CT molecular complexity index is 849. The summed E-state index contributed by atoms with van der Waals surface area (Å²) in [5, 5.41) is 11.3. The zero-order chi connectivity index (χ0) is 20.5. The molecular formula is C18H25N3O6S. The zero-order valence-electron chi connectivity index (χ0n) is 16.0. The van der Waals surface area contributed by atoms with Crippen LogP contribution in [0.4, 0.5) is 5.69 Å². The third-order valence-corrected chi connectivity index (χ3v) is 7.07. The van der Waals surface area contributed by atoms with E-state index in [-0.39, 0.29) is 29.6 Å². The number of morpholine rings is 1. The van der Waals surface area contributed by atoms with Crippen molar-refractivity contribution in [2.75, 3.05) is 19.6 Å². The van der Waals surface area contributed by atoms with Crippen molar-refractivity contribution in [1.29, 1.82) is 0 Å². The van der Waals surface area contributed by atoms with Crippen molar-refractivity contribution in [2.24, 2.45) is 0 Å². The molecule has 1 aromatic rings. The maximum atomic E-state index is 13.3. The minimum absolute atomic E-state index is 0.128. The molecule has 2 fully saturated rings. The topological polar surface area (TPSA) is 110 Å². The van der Waals surface area contributed by atoms with Gasteiger partial charge >= 0.3 is 0 Å². The van der Waals surface area contributed by atoms with Gasteiger partial charge in [-0.2, -0.15) is 4.31 Å². The van der Waals surface area contributed by atoms with Crippen molar-refractivity contribution in [3.05, 3.63) is 34.4 Å². The number of sulfonamides is 1. The number of ether oxygens (including phenoxy) is 1. The lowest BCUT2D eigenvalue weighted by atomic mass is 10.0. The molecule has 2 saturated heterocycles. The van der Waals surface area contributed by atoms with Gasteiger partial charge in [-0.15, -0.1) is 0 Å². The van der Waals surface area contributed by atoms with E-state index in [4.69, 9.17) is 4.74 Å². The molecule has 9 nitrogen and oxygen atoms in total. The smallest absolute Gasteiger partial charge is 0.289 e. The number of carbonyl (C=O) groups excluding carboxylic acids is 1. The molecule has 2 aliphatic rings. The highest BCUT2D eigenvalue weighted by atomic mass is 32.2. The van der Waals surface area contributed by atoms with Crippen LogP contribution in [0.3, 0.4) is 0 Å². The van der Waals surface area contributed by atoms with E-state index in [1.807, 2.05) is 13.8 Å². The molecule has 154 valence electrons. The Morgan fingerprint density at radius 2 is 1.82 bits per heavy atom. The second kappa shape index (κ2) is 8.14. The normalized spacial score (nSPS) is 26.8. The molecule has 0 spiro atoms. The van der Waals surface area contributed by atoms with Crippen LogP contribution in [0.1, 0.15) is 33.1 Å². The molecule has 3 atom stereocenters. The van der Waals surface area contributed by atoms with Crippen LogP contribution in [0.5, 0.6) is 0 Å². The molecule has 1 amide bonds. The molecule has 0 aromatic heterocycles. The summed E-state index contributed by atoms with van der Waals surface area (Å²) in [7, 11) is -4.18. The van der Waals surface area contributed by atoms with Gasteiger partial charge in [-0.25, -0.2) is 8.42 Å². The summed E-state index contributed by atoms with van der Waals surface area (Å²) in [6, 6.07) is 4.41. The number of amides is 1. The Hall–Kier alpha value is -2.04. The first-order valence-corrected chi connectivity index (χ1v) is 10.9. The fraction of sp³-hybridized carbons (Fsp3) is 0.611. The largest absolute Gasteiger partial charge is 0.372 e. The standard InChI is InChI=1S/C18H25N3O6S/c1-13-11-19(12-14(2)27-13)18(22)16-8-5-6-10-20(16)28(25,26)17-9-4-3-7-15(17)21(23)24/h3-4,7,9,13-14,16H,5-6,8,10-12H2,1-2H3/t13-,14-,16+/m1/s1. The predicted octanol–water partition coefficient (Wildman–Crippen LogP) is 1.77. The summed E-state index contributed by atoms with van der Waals surface area (Å²) >= 11 is 0. The van der Waals surface area contributed by atoms with Crippen molar-refractivity contribution >= 4 is 21.6 Å². The van der Waals surface area contributed by atoms with E-state index in [9.17, 15) is 23.3 Å². The highest BCUT2D eigenvalue weighted by Crippen LogP contribution is 2.31. The van der Waals surface area contributed by atoms with Crippen LogP contribution < -0.4 is 0 Å². The first-order valence-electron chi connectivity index (χ1n) is 9.41. The van der Waals surface area contributed by atoms with Crippen LogP contribution >= 0.6 is 0 Å². The van der Waals surface area contributed by atoms with Gasteiger partial charge in [0.2, 0.25) is 5.91 Å². The lowest BCUT2D eigenvalue weighted by Gasteiger charge is -2.40. The number of hydrogen-bond acceptors (Lipinski definition) is 6. The summed E-state index contributed by atoms with van der Waals surface area (Å²) in [6.07, 6.45) is 1.49. The van der Waals surface area contributed by atoms with Gasteiger partial charge in [0.05, 0.1) is 17.1 Å². The Kier molecular flexibility index (Phi) is 6.01. The number of benzene rings is 1. The van der Waals surface area contributed by atoms with Crippen molar-refractivity contribution in [1.82, 2.24) is 9.21 Å². The number of nitro groups is 1. The first kappa shape index (κ1) is 20.7. The van der Waals surface area contributed by atoms with Crippen LogP contribution in [0.2, 0.25) is 0 Å². The highest BCUT2D eigenvalue weighted by Gasteiger charge is 2.42. The SMILES string of the molecule is C[C@@H]1CN(C(=O)[C@@H]2CCCCN2S(=O)(=O)c2ccccc2[N+](=O)[O-])C[C@@H](C)O1. The first-order chi connectivity index (χ1) is 13.2. The van der Waals surface area contributed by atoms with Gasteiger partial charge in [0.1, 0.15) is 6.04 Å². The Balaban J connectivity index is 1.93. The molecule has 0 aliphatic carbocycles. The van der Waals surface area contributed by atoms with Gasteiger partial charge in [0.25, 0.3) is 15.7 Å². The number of nitrogens with zero attached hydrogens (tertiary/aromatic N) is 3. The Labute approximate surface area is 164 Å². The quantitative estimate of drug-likeness (QED) is 0.552. The molecule has 28 heavy (non-hydrogen) atoms. The van der Waals surface area contributed by atoms with Crippen molar-refractivity contribution in [3.8, 4) is 0 Å². The summed E-state index contributed by atoms with van der Waals surface area (Å²) in [6.45, 7) is 4.72. The average molecular weight is 411 g/mol. The Morgan fingerprint density at radius 1 is 1.18 bits per heavy atom. The summed E-state index contributed by atoms with van der Waals surface area (Å²) in [5.74, 6) is -0.260. The van der Waals surface area contributed by atoms with Crippen LogP contribution in [-0.2, 0) is 19.6 Å². The van der Waals surface area contributed by atoms with Crippen LogP contribution in [0.25, 0.3) is 0 Å². The predicted molar refractivity (Wildman–Crippen MR) is 101 cm³/mol. The summed E-state index contributed by atoms with van der Waals surface area (Å²) < 4.78 is 33.3. The van der Waals surface area contributed by atoms with Gasteiger partial charge < -0.3 is 9.64 Å². The third kappa shape index (κ3) is 4.03. The maximum absolute atomic E-state index is 13.3. The summed E-state index contributed by atoms with van der Waals surface area (Å²) in [4.78, 5) is 25.1. The maximum Gasteiger partial charge on any atom is 0.289 e. The number of piperidine rings is 1. The van der Waals surface area contributed by atoms with E-state index >= 15 is 0 Å². The molecule has 2 heterocycles. The van der Waals surface area contributed by atoms with E-state index in [0.29, 0.717) is 25.9 Å². The minimum Gasteiger partial charge on any atom is -0.372 e. The summed E-state index contributed by atoms with van der Waals surface area (Å²) in [5.41, 5.74) is -0.479. The monoisotopic (exact) mass is 411 g/mol. The van der Waals surface area contributed by atoms with Crippen LogP contribution in [-0.4, -0.2) is 66.3 Å². The van der Waals surface area contributed by atoms with E-state index in [1.165, 1.54) is 24.3 Å². The van der Waals surface area contributed by atoms with E-state index in [1.54, 1.807) is 4.90 Å². The molecule has 2 aliphatic heterocycles. The van der Waals surface area contributed by atoms with Crippen LogP contribution in [0.15, 0.2) is 29.2 Å². The number of para-hydroxylation sites is 1. The van der Waals surface area contributed by atoms with Crippen molar-refractivity contribution in [3.63, 3.8) is 0 Å². The van der Waals surface area contributed by atoms with E-state index in [2.05, 4.69) is 0 Å². The van der Waals surface area contributed by atoms with Gasteiger partial charge in [-0.3, -0.25) is 14.9 Å². The number of nitro benzene ring substituents is 1. The molecule has 0 bridgehead atoms. The van der Waals surface area contributed by atoms with Crippen LogP contribution in [0, 0.1) is 10.1 Å². The molecule has 3 rings (SSSR count). The van der Waals surface area contributed by atoms with Crippen molar-refractivity contribution < 1.29 is 22.9 Å². The zero-order valence-corrected chi connectivity index (χ0v) is 16.8. The van der Waals surface area contributed by atoms with Gasteiger partial charge in [0, 0.05) is 25.7 Å².